The van der Waals surface area contributed by atoms with Crippen LogP contribution in [-0.2, 0) is 9.47 Å². The van der Waals surface area contributed by atoms with Gasteiger partial charge in [0.15, 0.2) is 6.29 Å². The van der Waals surface area contributed by atoms with Gasteiger partial charge in [-0.25, -0.2) is 0 Å². The largest absolute Gasteiger partial charge is 0.353 e. The van der Waals surface area contributed by atoms with E-state index in [-0.39, 0.29) is 6.29 Å². The lowest BCUT2D eigenvalue weighted by Crippen LogP contribution is -2.23. The molecule has 0 aliphatic carbocycles. The molecule has 0 aromatic rings. The van der Waals surface area contributed by atoms with E-state index in [0.29, 0.717) is 5.92 Å². The maximum absolute atomic E-state index is 5.79. The van der Waals surface area contributed by atoms with Crippen LogP contribution in [0.5, 0.6) is 0 Å². The molecule has 0 amide bonds. The molecular weight excluding hydrogens is 272 g/mol. The third-order valence-corrected chi connectivity index (χ3v) is 4.34. The molecule has 0 aromatic heterocycles. The van der Waals surface area contributed by atoms with Crippen LogP contribution in [0.15, 0.2) is 0 Å². The SMILES string of the molecule is CCCCCCCC#CCC[C@@H](C)CCOC1CCCCO1. The Hall–Kier alpha value is -0.520. The maximum atomic E-state index is 5.79. The van der Waals surface area contributed by atoms with Gasteiger partial charge in [-0.15, -0.1) is 11.8 Å². The molecule has 1 unspecified atom stereocenters. The van der Waals surface area contributed by atoms with Gasteiger partial charge in [-0.2, -0.15) is 0 Å². The second-order valence-corrected chi connectivity index (χ2v) is 6.62. The van der Waals surface area contributed by atoms with Crippen molar-refractivity contribution in [1.82, 2.24) is 0 Å². The van der Waals surface area contributed by atoms with Gasteiger partial charge in [0, 0.05) is 26.1 Å². The predicted molar refractivity (Wildman–Crippen MR) is 93.7 cm³/mol. The van der Waals surface area contributed by atoms with Crippen molar-refractivity contribution in [3.05, 3.63) is 0 Å². The van der Waals surface area contributed by atoms with E-state index in [2.05, 4.69) is 25.7 Å². The lowest BCUT2D eigenvalue weighted by atomic mass is 10.0. The fourth-order valence-corrected chi connectivity index (χ4v) is 2.70. The third kappa shape index (κ3) is 11.1. The molecule has 2 nitrogen and oxygen atoms in total. The van der Waals surface area contributed by atoms with Crippen LogP contribution in [0.2, 0.25) is 0 Å². The number of rotatable bonds is 11. The van der Waals surface area contributed by atoms with E-state index < -0.39 is 0 Å². The van der Waals surface area contributed by atoms with E-state index >= 15 is 0 Å². The van der Waals surface area contributed by atoms with Gasteiger partial charge in [-0.05, 0) is 44.4 Å². The lowest BCUT2D eigenvalue weighted by Gasteiger charge is -2.23. The van der Waals surface area contributed by atoms with Crippen molar-refractivity contribution in [2.24, 2.45) is 5.92 Å². The second kappa shape index (κ2) is 14.1. The van der Waals surface area contributed by atoms with Crippen molar-refractivity contribution in [2.45, 2.75) is 97.2 Å². The summed E-state index contributed by atoms with van der Waals surface area (Å²) < 4.78 is 11.4. The minimum absolute atomic E-state index is 0.0634. The fraction of sp³-hybridized carbons (Fsp3) is 0.900. The molecule has 1 aliphatic rings. The summed E-state index contributed by atoms with van der Waals surface area (Å²) in [4.78, 5) is 0. The van der Waals surface area contributed by atoms with E-state index in [1.807, 2.05) is 0 Å². The molecule has 2 heteroatoms. The Kier molecular flexibility index (Phi) is 12.5. The summed E-state index contributed by atoms with van der Waals surface area (Å²) in [6.07, 6.45) is 14.7. The smallest absolute Gasteiger partial charge is 0.157 e. The van der Waals surface area contributed by atoms with E-state index in [4.69, 9.17) is 9.47 Å². The Morgan fingerprint density at radius 3 is 2.64 bits per heavy atom. The highest BCUT2D eigenvalue weighted by Gasteiger charge is 2.14. The Morgan fingerprint density at radius 1 is 1.05 bits per heavy atom. The Bertz CT molecular complexity index is 297. The first kappa shape index (κ1) is 19.5. The predicted octanol–water partition coefficient (Wildman–Crippen LogP) is 5.70. The van der Waals surface area contributed by atoms with E-state index in [1.54, 1.807) is 0 Å². The fourth-order valence-electron chi connectivity index (χ4n) is 2.70. The van der Waals surface area contributed by atoms with E-state index in [0.717, 1.165) is 38.9 Å². The molecule has 128 valence electrons. The zero-order chi connectivity index (χ0) is 15.9. The molecule has 0 aromatic carbocycles. The summed E-state index contributed by atoms with van der Waals surface area (Å²) in [7, 11) is 0. The van der Waals surface area contributed by atoms with Crippen molar-refractivity contribution >= 4 is 0 Å². The van der Waals surface area contributed by atoms with Gasteiger partial charge >= 0.3 is 0 Å². The molecule has 0 bridgehead atoms. The van der Waals surface area contributed by atoms with Gasteiger partial charge < -0.3 is 9.47 Å². The molecule has 1 fully saturated rings. The van der Waals surface area contributed by atoms with Crippen molar-refractivity contribution in [3.8, 4) is 11.8 Å². The highest BCUT2D eigenvalue weighted by atomic mass is 16.7. The zero-order valence-electron chi connectivity index (χ0n) is 14.9. The molecule has 0 N–H and O–H groups in total. The van der Waals surface area contributed by atoms with Gasteiger partial charge in [-0.3, -0.25) is 0 Å². The topological polar surface area (TPSA) is 18.5 Å². The van der Waals surface area contributed by atoms with Crippen LogP contribution < -0.4 is 0 Å². The summed E-state index contributed by atoms with van der Waals surface area (Å²) in [6.45, 7) is 6.26. The van der Waals surface area contributed by atoms with E-state index in [1.165, 1.54) is 51.4 Å². The first-order valence-electron chi connectivity index (χ1n) is 9.52. The average molecular weight is 309 g/mol. The van der Waals surface area contributed by atoms with Gasteiger partial charge in [-0.1, -0.05) is 39.5 Å². The van der Waals surface area contributed by atoms with Gasteiger partial charge in [0.1, 0.15) is 0 Å². The molecule has 1 saturated heterocycles. The lowest BCUT2D eigenvalue weighted by molar-refractivity contribution is -0.163. The normalized spacial score (nSPS) is 19.5. The molecule has 1 aliphatic heterocycles. The van der Waals surface area contributed by atoms with Gasteiger partial charge in [0.2, 0.25) is 0 Å². The molecule has 0 radical (unpaired) electrons. The van der Waals surface area contributed by atoms with Crippen molar-refractivity contribution in [1.29, 1.82) is 0 Å². The number of ether oxygens (including phenoxy) is 2. The zero-order valence-corrected chi connectivity index (χ0v) is 14.9. The van der Waals surface area contributed by atoms with E-state index in [9.17, 15) is 0 Å². The van der Waals surface area contributed by atoms with Gasteiger partial charge in [0.25, 0.3) is 0 Å². The number of unbranched alkanes of at least 4 members (excludes halogenated alkanes) is 5. The highest BCUT2D eigenvalue weighted by molar-refractivity contribution is 4.98. The van der Waals surface area contributed by atoms with Crippen LogP contribution in [0.4, 0.5) is 0 Å². The molecule has 0 saturated carbocycles. The Labute approximate surface area is 138 Å². The monoisotopic (exact) mass is 308 g/mol. The highest BCUT2D eigenvalue weighted by Crippen LogP contribution is 2.16. The van der Waals surface area contributed by atoms with Crippen molar-refractivity contribution < 1.29 is 9.47 Å². The first-order valence-corrected chi connectivity index (χ1v) is 9.52. The van der Waals surface area contributed by atoms with Crippen LogP contribution in [0.3, 0.4) is 0 Å². The van der Waals surface area contributed by atoms with Crippen LogP contribution in [0.1, 0.15) is 90.9 Å². The summed E-state index contributed by atoms with van der Waals surface area (Å²) in [6, 6.07) is 0. The maximum Gasteiger partial charge on any atom is 0.157 e. The molecule has 0 spiro atoms. The molecule has 2 atom stereocenters. The van der Waals surface area contributed by atoms with Crippen molar-refractivity contribution in [3.63, 3.8) is 0 Å². The summed E-state index contributed by atoms with van der Waals surface area (Å²) in [5, 5.41) is 0. The number of hydrogen-bond donors (Lipinski definition) is 0. The summed E-state index contributed by atoms with van der Waals surface area (Å²) >= 11 is 0. The molecule has 1 heterocycles. The molecule has 22 heavy (non-hydrogen) atoms. The van der Waals surface area contributed by atoms with Crippen molar-refractivity contribution in [2.75, 3.05) is 13.2 Å². The van der Waals surface area contributed by atoms with Gasteiger partial charge in [0.05, 0.1) is 0 Å². The minimum atomic E-state index is 0.0634. The quantitative estimate of drug-likeness (QED) is 0.360. The molecule has 1 rings (SSSR count). The number of hydrogen-bond acceptors (Lipinski definition) is 2. The summed E-state index contributed by atoms with van der Waals surface area (Å²) in [5.74, 6) is 7.35. The molecular formula is C20H36O2. The average Bonchev–Trinajstić information content (AvgIpc) is 2.54. The third-order valence-electron chi connectivity index (χ3n) is 4.34. The second-order valence-electron chi connectivity index (χ2n) is 6.62. The van der Waals surface area contributed by atoms with Crippen LogP contribution in [0, 0.1) is 17.8 Å². The van der Waals surface area contributed by atoms with Crippen LogP contribution in [-0.4, -0.2) is 19.5 Å². The van der Waals surface area contributed by atoms with Crippen LogP contribution >= 0.6 is 0 Å². The Morgan fingerprint density at radius 2 is 1.86 bits per heavy atom. The minimum Gasteiger partial charge on any atom is -0.353 e. The standard InChI is InChI=1S/C20H36O2/c1-3-4-5-6-7-8-9-10-11-14-19(2)16-18-22-20-15-12-13-17-21-20/h19-20H,3-8,11-18H2,1-2H3/t19-,20?/m1/s1. The first-order chi connectivity index (χ1) is 10.8. The Balaban J connectivity index is 1.89. The van der Waals surface area contributed by atoms with Crippen LogP contribution in [0.25, 0.3) is 0 Å². The summed E-state index contributed by atoms with van der Waals surface area (Å²) in [5.41, 5.74) is 0.